The molecule has 1 atom stereocenters. The van der Waals surface area contributed by atoms with E-state index in [4.69, 9.17) is 11.6 Å². The van der Waals surface area contributed by atoms with Crippen molar-refractivity contribution in [3.05, 3.63) is 44.7 Å². The maximum atomic E-state index is 6.30. The van der Waals surface area contributed by atoms with Gasteiger partial charge in [0.05, 0.1) is 5.02 Å². The molecule has 1 heterocycles. The summed E-state index contributed by atoms with van der Waals surface area (Å²) in [4.78, 5) is 2.57. The summed E-state index contributed by atoms with van der Waals surface area (Å²) in [6.07, 6.45) is 1.15. The molecule has 0 spiro atoms. The smallest absolute Gasteiger partial charge is 0.0503 e. The highest BCUT2D eigenvalue weighted by molar-refractivity contribution is 9.10. The molecule has 1 aromatic carbocycles. The summed E-state index contributed by atoms with van der Waals surface area (Å²) in [5.41, 5.74) is 1.10. The van der Waals surface area contributed by atoms with Crippen molar-refractivity contribution < 1.29 is 0 Å². The standard InChI is InChI=1S/C15H17BrClNS/c1-3-8-18-10(2)14-6-7-15(19-14)12-5-4-11(16)9-13(12)17/h4-7,9-10,18H,3,8H2,1-2H3. The molecule has 0 saturated heterocycles. The van der Waals surface area contributed by atoms with Crippen LogP contribution in [0.1, 0.15) is 31.2 Å². The lowest BCUT2D eigenvalue weighted by Crippen LogP contribution is -2.18. The van der Waals surface area contributed by atoms with Gasteiger partial charge in [-0.15, -0.1) is 11.3 Å². The lowest BCUT2D eigenvalue weighted by molar-refractivity contribution is 0.578. The first kappa shape index (κ1) is 15.0. The van der Waals surface area contributed by atoms with Gasteiger partial charge in [-0.25, -0.2) is 0 Å². The van der Waals surface area contributed by atoms with E-state index in [9.17, 15) is 0 Å². The van der Waals surface area contributed by atoms with Crippen molar-refractivity contribution >= 4 is 38.9 Å². The summed E-state index contributed by atoms with van der Waals surface area (Å²) in [6.45, 7) is 5.43. The lowest BCUT2D eigenvalue weighted by Gasteiger charge is -2.10. The Morgan fingerprint density at radius 3 is 2.79 bits per heavy atom. The first-order valence-electron chi connectivity index (χ1n) is 6.40. The summed E-state index contributed by atoms with van der Waals surface area (Å²) in [5.74, 6) is 0. The Bertz CT molecular complexity index is 553. The maximum Gasteiger partial charge on any atom is 0.0503 e. The minimum atomic E-state index is 0.396. The molecule has 0 radical (unpaired) electrons. The van der Waals surface area contributed by atoms with Crippen molar-refractivity contribution in [2.45, 2.75) is 26.3 Å². The molecule has 102 valence electrons. The zero-order valence-electron chi connectivity index (χ0n) is 11.0. The predicted octanol–water partition coefficient (Wildman–Crippen LogP) is 5.89. The van der Waals surface area contributed by atoms with Gasteiger partial charge >= 0.3 is 0 Å². The summed E-state index contributed by atoms with van der Waals surface area (Å²) < 4.78 is 1.01. The van der Waals surface area contributed by atoms with Gasteiger partial charge in [0, 0.05) is 25.8 Å². The van der Waals surface area contributed by atoms with Crippen molar-refractivity contribution in [1.29, 1.82) is 0 Å². The van der Waals surface area contributed by atoms with E-state index in [1.165, 1.54) is 9.75 Å². The zero-order chi connectivity index (χ0) is 13.8. The van der Waals surface area contributed by atoms with Crippen LogP contribution in [0.15, 0.2) is 34.8 Å². The van der Waals surface area contributed by atoms with Crippen LogP contribution in [0.4, 0.5) is 0 Å². The summed E-state index contributed by atoms with van der Waals surface area (Å²) >= 11 is 11.5. The highest BCUT2D eigenvalue weighted by Crippen LogP contribution is 2.36. The SMILES string of the molecule is CCCNC(C)c1ccc(-c2ccc(Br)cc2Cl)s1. The Morgan fingerprint density at radius 1 is 1.32 bits per heavy atom. The van der Waals surface area contributed by atoms with Crippen molar-refractivity contribution in [3.63, 3.8) is 0 Å². The Labute approximate surface area is 132 Å². The van der Waals surface area contributed by atoms with Gasteiger partial charge in [0.1, 0.15) is 0 Å². The minimum Gasteiger partial charge on any atom is -0.309 e. The molecule has 0 saturated carbocycles. The lowest BCUT2D eigenvalue weighted by atomic mass is 10.2. The third-order valence-corrected chi connectivity index (χ3v) is 5.06. The second kappa shape index (κ2) is 6.89. The topological polar surface area (TPSA) is 12.0 Å². The summed E-state index contributed by atoms with van der Waals surface area (Å²) in [6, 6.07) is 10.8. The molecule has 1 N–H and O–H groups in total. The predicted molar refractivity (Wildman–Crippen MR) is 89.2 cm³/mol. The van der Waals surface area contributed by atoms with Crippen LogP contribution in [0.2, 0.25) is 5.02 Å². The van der Waals surface area contributed by atoms with Gasteiger partial charge in [0.25, 0.3) is 0 Å². The molecule has 0 amide bonds. The van der Waals surface area contributed by atoms with Crippen LogP contribution in [0, 0.1) is 0 Å². The molecule has 0 fully saturated rings. The van der Waals surface area contributed by atoms with E-state index in [0.717, 1.165) is 28.0 Å². The molecule has 0 aliphatic carbocycles. The number of benzene rings is 1. The van der Waals surface area contributed by atoms with Gasteiger partial charge in [0.2, 0.25) is 0 Å². The van der Waals surface area contributed by atoms with Gasteiger partial charge in [-0.05, 0) is 44.2 Å². The molecule has 0 bridgehead atoms. The van der Waals surface area contributed by atoms with Crippen LogP contribution in [-0.4, -0.2) is 6.54 Å². The fraction of sp³-hybridized carbons (Fsp3) is 0.333. The fourth-order valence-electron chi connectivity index (χ4n) is 1.88. The molecule has 0 aliphatic rings. The van der Waals surface area contributed by atoms with E-state index in [1.54, 1.807) is 11.3 Å². The number of halogens is 2. The minimum absolute atomic E-state index is 0.396. The molecule has 1 unspecified atom stereocenters. The molecule has 1 nitrogen and oxygen atoms in total. The second-order valence-corrected chi connectivity index (χ2v) is 6.94. The third kappa shape index (κ3) is 3.82. The number of thiophene rings is 1. The van der Waals surface area contributed by atoms with Crippen LogP contribution < -0.4 is 5.32 Å². The van der Waals surface area contributed by atoms with Crippen molar-refractivity contribution in [2.75, 3.05) is 6.54 Å². The number of rotatable bonds is 5. The molecular weight excluding hydrogens is 342 g/mol. The maximum absolute atomic E-state index is 6.30. The van der Waals surface area contributed by atoms with Crippen LogP contribution in [-0.2, 0) is 0 Å². The molecule has 2 aromatic rings. The van der Waals surface area contributed by atoms with Crippen LogP contribution in [0.5, 0.6) is 0 Å². The van der Waals surface area contributed by atoms with Gasteiger partial charge in [-0.1, -0.05) is 40.5 Å². The quantitative estimate of drug-likeness (QED) is 0.702. The highest BCUT2D eigenvalue weighted by atomic mass is 79.9. The van der Waals surface area contributed by atoms with E-state index in [1.807, 2.05) is 12.1 Å². The third-order valence-electron chi connectivity index (χ3n) is 2.95. The zero-order valence-corrected chi connectivity index (χ0v) is 14.2. The molecule has 1 aromatic heterocycles. The summed E-state index contributed by atoms with van der Waals surface area (Å²) in [7, 11) is 0. The number of hydrogen-bond donors (Lipinski definition) is 1. The first-order chi connectivity index (χ1) is 9.11. The molecule has 2 rings (SSSR count). The van der Waals surface area contributed by atoms with Crippen LogP contribution in [0.3, 0.4) is 0 Å². The Morgan fingerprint density at radius 2 is 2.11 bits per heavy atom. The number of nitrogens with one attached hydrogen (secondary N) is 1. The van der Waals surface area contributed by atoms with E-state index in [-0.39, 0.29) is 0 Å². The molecule has 0 aliphatic heterocycles. The Kier molecular flexibility index (Phi) is 5.46. The van der Waals surface area contributed by atoms with Gasteiger partial charge < -0.3 is 5.32 Å². The first-order valence-corrected chi connectivity index (χ1v) is 8.39. The number of hydrogen-bond acceptors (Lipinski definition) is 2. The van der Waals surface area contributed by atoms with E-state index in [2.05, 4.69) is 53.3 Å². The largest absolute Gasteiger partial charge is 0.309 e. The second-order valence-electron chi connectivity index (χ2n) is 4.50. The Hall–Kier alpha value is -0.350. The average Bonchev–Trinajstić information content (AvgIpc) is 2.85. The normalized spacial score (nSPS) is 12.6. The monoisotopic (exact) mass is 357 g/mol. The van der Waals surface area contributed by atoms with Crippen molar-refractivity contribution in [1.82, 2.24) is 5.32 Å². The van der Waals surface area contributed by atoms with Crippen LogP contribution in [0.25, 0.3) is 10.4 Å². The highest BCUT2D eigenvalue weighted by Gasteiger charge is 2.11. The van der Waals surface area contributed by atoms with E-state index in [0.29, 0.717) is 6.04 Å². The molecular formula is C15H17BrClNS. The summed E-state index contributed by atoms with van der Waals surface area (Å²) in [5, 5.41) is 4.30. The molecule has 4 heteroatoms. The van der Waals surface area contributed by atoms with Gasteiger partial charge in [-0.2, -0.15) is 0 Å². The van der Waals surface area contributed by atoms with Gasteiger partial charge in [0.15, 0.2) is 0 Å². The fourth-order valence-corrected chi connectivity index (χ4v) is 3.79. The van der Waals surface area contributed by atoms with E-state index >= 15 is 0 Å². The molecule has 19 heavy (non-hydrogen) atoms. The van der Waals surface area contributed by atoms with Crippen molar-refractivity contribution in [2.24, 2.45) is 0 Å². The van der Waals surface area contributed by atoms with Crippen LogP contribution >= 0.6 is 38.9 Å². The average molecular weight is 359 g/mol. The van der Waals surface area contributed by atoms with Gasteiger partial charge in [-0.3, -0.25) is 0 Å². The van der Waals surface area contributed by atoms with Crippen molar-refractivity contribution in [3.8, 4) is 10.4 Å². The van der Waals surface area contributed by atoms with E-state index < -0.39 is 0 Å². The Balaban J connectivity index is 2.20.